The largest absolute Gasteiger partial charge is 0.496 e. The summed E-state index contributed by atoms with van der Waals surface area (Å²) in [6.45, 7) is 0.337. The van der Waals surface area contributed by atoms with Crippen LogP contribution in [0, 0.1) is 0 Å². The summed E-state index contributed by atoms with van der Waals surface area (Å²) in [6.07, 6.45) is -9.63. The van der Waals surface area contributed by atoms with Crippen molar-refractivity contribution in [1.82, 2.24) is 4.90 Å². The van der Waals surface area contributed by atoms with Crippen molar-refractivity contribution in [3.05, 3.63) is 57.2 Å². The maximum Gasteiger partial charge on any atom is 0.416 e. The Kier molecular flexibility index (Phi) is 6.93. The van der Waals surface area contributed by atoms with E-state index in [9.17, 15) is 36.2 Å². The number of hydrogen-bond donors (Lipinski definition) is 1. The van der Waals surface area contributed by atoms with Gasteiger partial charge in [-0.25, -0.2) is 0 Å². The molecule has 0 bridgehead atoms. The van der Waals surface area contributed by atoms with E-state index in [0.29, 0.717) is 30.7 Å². The summed E-state index contributed by atoms with van der Waals surface area (Å²) < 4.78 is 97.4. The standard InChI is InChI=1S/C25H23F6NO5/c1-32-5-4-15(16(32)11-33)21-19(35-2)10-20(36-3)22-17(34)9-18(37-23(21)22)12-6-13(24(26,27)28)8-14(7-12)25(29,30)31/h6-10,15-16,33H,4-5,11H2,1-3H3. The number of ether oxygens (including phenoxy) is 2. The molecule has 2 atom stereocenters. The zero-order valence-electron chi connectivity index (χ0n) is 20.0. The molecule has 200 valence electrons. The molecule has 1 fully saturated rings. The highest BCUT2D eigenvalue weighted by Gasteiger charge is 2.39. The van der Waals surface area contributed by atoms with Crippen molar-refractivity contribution >= 4 is 11.0 Å². The van der Waals surface area contributed by atoms with E-state index in [4.69, 9.17) is 13.9 Å². The highest BCUT2D eigenvalue weighted by atomic mass is 19.4. The Morgan fingerprint density at radius 1 is 0.973 bits per heavy atom. The van der Waals surface area contributed by atoms with Crippen LogP contribution >= 0.6 is 0 Å². The molecule has 1 aromatic heterocycles. The molecule has 0 amide bonds. The average Bonchev–Trinajstić information content (AvgIpc) is 3.20. The van der Waals surface area contributed by atoms with Crippen LogP contribution in [0.3, 0.4) is 0 Å². The first-order chi connectivity index (χ1) is 17.3. The fourth-order valence-corrected chi connectivity index (χ4v) is 4.83. The van der Waals surface area contributed by atoms with Crippen LogP contribution in [0.15, 0.2) is 39.5 Å². The van der Waals surface area contributed by atoms with Crippen molar-refractivity contribution < 1.29 is 45.3 Å². The van der Waals surface area contributed by atoms with E-state index in [1.807, 2.05) is 4.90 Å². The highest BCUT2D eigenvalue weighted by Crippen LogP contribution is 2.45. The third-order valence-corrected chi connectivity index (χ3v) is 6.66. The summed E-state index contributed by atoms with van der Waals surface area (Å²) in [5.41, 5.74) is -4.11. The Labute approximate surface area is 207 Å². The second-order valence-corrected chi connectivity index (χ2v) is 8.79. The number of aliphatic hydroxyl groups is 1. The summed E-state index contributed by atoms with van der Waals surface area (Å²) in [7, 11) is 4.45. The molecule has 2 aromatic carbocycles. The van der Waals surface area contributed by atoms with Gasteiger partial charge in [0.2, 0.25) is 0 Å². The number of methoxy groups -OCH3 is 2. The molecule has 4 rings (SSSR count). The molecule has 12 heteroatoms. The molecular weight excluding hydrogens is 508 g/mol. The molecule has 0 radical (unpaired) electrons. The minimum atomic E-state index is -5.08. The van der Waals surface area contributed by atoms with Crippen molar-refractivity contribution in [1.29, 1.82) is 0 Å². The van der Waals surface area contributed by atoms with E-state index < -0.39 is 52.2 Å². The first-order valence-electron chi connectivity index (χ1n) is 11.1. The van der Waals surface area contributed by atoms with Gasteiger partial charge in [-0.3, -0.25) is 4.79 Å². The summed E-state index contributed by atoms with van der Waals surface area (Å²) in [5.74, 6) is -0.604. The Morgan fingerprint density at radius 3 is 2.08 bits per heavy atom. The molecule has 6 nitrogen and oxygen atoms in total. The van der Waals surface area contributed by atoms with Gasteiger partial charge in [0.05, 0.1) is 32.0 Å². The molecule has 0 spiro atoms. The number of nitrogens with zero attached hydrogens (tertiary/aromatic N) is 1. The van der Waals surface area contributed by atoms with Crippen molar-refractivity contribution in [2.45, 2.75) is 30.7 Å². The molecule has 2 unspecified atom stereocenters. The van der Waals surface area contributed by atoms with Gasteiger partial charge in [0, 0.05) is 35.2 Å². The fourth-order valence-electron chi connectivity index (χ4n) is 4.83. The van der Waals surface area contributed by atoms with Crippen LogP contribution in [-0.4, -0.2) is 50.5 Å². The van der Waals surface area contributed by atoms with Crippen molar-refractivity contribution in [2.75, 3.05) is 34.4 Å². The zero-order chi connectivity index (χ0) is 27.3. The minimum absolute atomic E-state index is 0.000345. The number of rotatable bonds is 5. The van der Waals surface area contributed by atoms with Gasteiger partial charge >= 0.3 is 12.4 Å². The summed E-state index contributed by atoms with van der Waals surface area (Å²) in [6, 6.07) is 2.89. The molecule has 1 aliphatic heterocycles. The van der Waals surface area contributed by atoms with E-state index in [0.717, 1.165) is 6.07 Å². The van der Waals surface area contributed by atoms with E-state index in [1.165, 1.54) is 20.3 Å². The normalized spacial score (nSPS) is 19.0. The van der Waals surface area contributed by atoms with Gasteiger partial charge in [0.1, 0.15) is 28.2 Å². The topological polar surface area (TPSA) is 72.1 Å². The smallest absolute Gasteiger partial charge is 0.416 e. The van der Waals surface area contributed by atoms with Gasteiger partial charge in [0.15, 0.2) is 5.43 Å². The number of halogens is 6. The number of alkyl halides is 6. The van der Waals surface area contributed by atoms with Crippen molar-refractivity contribution in [3.63, 3.8) is 0 Å². The van der Waals surface area contributed by atoms with E-state index in [2.05, 4.69) is 0 Å². The Bertz CT molecular complexity index is 1350. The van der Waals surface area contributed by atoms with Crippen LogP contribution in [0.4, 0.5) is 26.3 Å². The molecule has 0 saturated carbocycles. The van der Waals surface area contributed by atoms with Crippen LogP contribution < -0.4 is 14.9 Å². The quantitative estimate of drug-likeness (QED) is 0.451. The summed E-state index contributed by atoms with van der Waals surface area (Å²) >= 11 is 0. The molecule has 2 heterocycles. The zero-order valence-corrected chi connectivity index (χ0v) is 20.0. The number of aliphatic hydroxyl groups excluding tert-OH is 1. The monoisotopic (exact) mass is 531 g/mol. The molecule has 1 saturated heterocycles. The maximum absolute atomic E-state index is 13.4. The number of likely N-dealkylation sites (N-methyl/N-ethyl adjacent to an activating group) is 1. The van der Waals surface area contributed by atoms with Gasteiger partial charge in [-0.2, -0.15) is 26.3 Å². The highest BCUT2D eigenvalue weighted by molar-refractivity contribution is 5.90. The van der Waals surface area contributed by atoms with E-state index in [-0.39, 0.29) is 35.1 Å². The van der Waals surface area contributed by atoms with Crippen LogP contribution in [-0.2, 0) is 12.4 Å². The minimum Gasteiger partial charge on any atom is -0.496 e. The first-order valence-corrected chi connectivity index (χ1v) is 11.1. The average molecular weight is 531 g/mol. The predicted molar refractivity (Wildman–Crippen MR) is 122 cm³/mol. The van der Waals surface area contributed by atoms with Gasteiger partial charge in [-0.1, -0.05) is 0 Å². The number of likely N-dealkylation sites (tertiary alicyclic amines) is 1. The number of fused-ring (bicyclic) bond motifs is 1. The second-order valence-electron chi connectivity index (χ2n) is 8.79. The van der Waals surface area contributed by atoms with Crippen molar-refractivity contribution in [3.8, 4) is 22.8 Å². The van der Waals surface area contributed by atoms with E-state index >= 15 is 0 Å². The van der Waals surface area contributed by atoms with Gasteiger partial charge in [0.25, 0.3) is 0 Å². The van der Waals surface area contributed by atoms with Crippen LogP contribution in [0.1, 0.15) is 29.0 Å². The van der Waals surface area contributed by atoms with Crippen LogP contribution in [0.2, 0.25) is 0 Å². The molecular formula is C25H23F6NO5. The van der Waals surface area contributed by atoms with Gasteiger partial charge < -0.3 is 23.9 Å². The third-order valence-electron chi connectivity index (χ3n) is 6.66. The first kappa shape index (κ1) is 26.8. The summed E-state index contributed by atoms with van der Waals surface area (Å²) in [5, 5.41) is 9.95. The lowest BCUT2D eigenvalue weighted by molar-refractivity contribution is -0.143. The lowest BCUT2D eigenvalue weighted by atomic mass is 9.89. The molecule has 1 N–H and O–H groups in total. The Balaban J connectivity index is 2.07. The SMILES string of the molecule is COc1cc(OC)c2c(=O)cc(-c3cc(C(F)(F)F)cc(C(F)(F)F)c3)oc2c1C1CCN(C)C1CO. The lowest BCUT2D eigenvalue weighted by Crippen LogP contribution is -2.32. The lowest BCUT2D eigenvalue weighted by Gasteiger charge is -2.25. The molecule has 1 aliphatic rings. The Hall–Kier alpha value is -3.25. The third kappa shape index (κ3) is 4.87. The second kappa shape index (κ2) is 9.56. The van der Waals surface area contributed by atoms with Gasteiger partial charge in [-0.05, 0) is 38.2 Å². The Morgan fingerprint density at radius 2 is 1.57 bits per heavy atom. The number of benzene rings is 2. The molecule has 37 heavy (non-hydrogen) atoms. The van der Waals surface area contributed by atoms with Gasteiger partial charge in [-0.15, -0.1) is 0 Å². The van der Waals surface area contributed by atoms with E-state index in [1.54, 1.807) is 7.05 Å². The number of hydrogen-bond acceptors (Lipinski definition) is 6. The maximum atomic E-state index is 13.4. The fraction of sp³-hybridized carbons (Fsp3) is 0.400. The molecule has 3 aromatic rings. The van der Waals surface area contributed by atoms with Crippen LogP contribution in [0.5, 0.6) is 11.5 Å². The molecule has 0 aliphatic carbocycles. The predicted octanol–water partition coefficient (Wildman–Crippen LogP) is 5.29. The summed E-state index contributed by atoms with van der Waals surface area (Å²) in [4.78, 5) is 15.1. The van der Waals surface area contributed by atoms with Crippen molar-refractivity contribution in [2.24, 2.45) is 0 Å². The van der Waals surface area contributed by atoms with Crippen LogP contribution in [0.25, 0.3) is 22.3 Å².